The van der Waals surface area contributed by atoms with Crippen LogP contribution in [-0.4, -0.2) is 15.8 Å². The minimum Gasteiger partial charge on any atom is -0.310 e. The zero-order valence-corrected chi connectivity index (χ0v) is 12.7. The first-order valence-electron chi connectivity index (χ1n) is 7.30. The molecule has 0 radical (unpaired) electrons. The Morgan fingerprint density at radius 1 is 1.35 bits per heavy atom. The van der Waals surface area contributed by atoms with Crippen molar-refractivity contribution in [3.63, 3.8) is 0 Å². The van der Waals surface area contributed by atoms with E-state index in [0.29, 0.717) is 0 Å². The van der Waals surface area contributed by atoms with E-state index in [9.17, 15) is 0 Å². The molecule has 4 heteroatoms. The lowest BCUT2D eigenvalue weighted by molar-refractivity contribution is 0.659. The van der Waals surface area contributed by atoms with Crippen LogP contribution in [0.25, 0.3) is 0 Å². The zero-order chi connectivity index (χ0) is 13.8. The predicted octanol–water partition coefficient (Wildman–Crippen LogP) is 3.45. The second kappa shape index (κ2) is 6.46. The van der Waals surface area contributed by atoms with Crippen LogP contribution in [-0.2, 0) is 18.8 Å². The SMILES string of the molecule is CCn1cc(CSc2cccc(CNC3CC3)c2)cn1. The summed E-state index contributed by atoms with van der Waals surface area (Å²) in [5.41, 5.74) is 2.67. The molecule has 106 valence electrons. The highest BCUT2D eigenvalue weighted by molar-refractivity contribution is 7.98. The van der Waals surface area contributed by atoms with E-state index in [2.05, 4.69) is 47.8 Å². The van der Waals surface area contributed by atoms with Gasteiger partial charge in [0.1, 0.15) is 0 Å². The standard InChI is InChI=1S/C16H21N3S/c1-2-19-11-14(10-18-19)12-20-16-5-3-4-13(8-16)9-17-15-6-7-15/h3-5,8,10-11,15,17H,2,6-7,9,12H2,1H3. The first kappa shape index (κ1) is 13.7. The molecule has 2 aromatic rings. The molecule has 0 atom stereocenters. The first-order valence-corrected chi connectivity index (χ1v) is 8.28. The summed E-state index contributed by atoms with van der Waals surface area (Å²) in [5.74, 6) is 0.986. The summed E-state index contributed by atoms with van der Waals surface area (Å²) in [6.45, 7) is 4.04. The van der Waals surface area contributed by atoms with Gasteiger partial charge in [0.25, 0.3) is 0 Å². The van der Waals surface area contributed by atoms with Gasteiger partial charge in [0, 0.05) is 41.5 Å². The Labute approximate surface area is 124 Å². The first-order chi connectivity index (χ1) is 9.83. The number of aryl methyl sites for hydroxylation is 1. The van der Waals surface area contributed by atoms with Crippen LogP contribution >= 0.6 is 11.8 Å². The average molecular weight is 287 g/mol. The smallest absolute Gasteiger partial charge is 0.0530 e. The molecule has 1 saturated carbocycles. The Morgan fingerprint density at radius 2 is 2.25 bits per heavy atom. The Morgan fingerprint density at radius 3 is 3.00 bits per heavy atom. The van der Waals surface area contributed by atoms with Crippen LogP contribution < -0.4 is 5.32 Å². The second-order valence-electron chi connectivity index (χ2n) is 5.30. The molecule has 3 nitrogen and oxygen atoms in total. The number of thioether (sulfide) groups is 1. The highest BCUT2D eigenvalue weighted by Gasteiger charge is 2.19. The summed E-state index contributed by atoms with van der Waals surface area (Å²) in [4.78, 5) is 1.34. The number of benzene rings is 1. The summed E-state index contributed by atoms with van der Waals surface area (Å²) in [6.07, 6.45) is 6.78. The Kier molecular flexibility index (Phi) is 4.43. The van der Waals surface area contributed by atoms with Gasteiger partial charge in [-0.25, -0.2) is 0 Å². The van der Waals surface area contributed by atoms with E-state index in [1.54, 1.807) is 0 Å². The number of aromatic nitrogens is 2. The van der Waals surface area contributed by atoms with Crippen molar-refractivity contribution in [2.24, 2.45) is 0 Å². The fraction of sp³-hybridized carbons (Fsp3) is 0.438. The van der Waals surface area contributed by atoms with Gasteiger partial charge in [0.05, 0.1) is 6.20 Å². The third kappa shape index (κ3) is 3.87. The molecule has 1 heterocycles. The third-order valence-electron chi connectivity index (χ3n) is 3.49. The summed E-state index contributed by atoms with van der Waals surface area (Å²) < 4.78 is 1.98. The molecule has 0 saturated heterocycles. The van der Waals surface area contributed by atoms with Crippen LogP contribution in [0.2, 0.25) is 0 Å². The van der Waals surface area contributed by atoms with E-state index >= 15 is 0 Å². The van der Waals surface area contributed by atoms with Gasteiger partial charge in [-0.2, -0.15) is 5.10 Å². The van der Waals surface area contributed by atoms with Crippen LogP contribution in [0.5, 0.6) is 0 Å². The van der Waals surface area contributed by atoms with Gasteiger partial charge in [0.2, 0.25) is 0 Å². The monoisotopic (exact) mass is 287 g/mol. The van der Waals surface area contributed by atoms with Crippen LogP contribution in [0.1, 0.15) is 30.9 Å². The van der Waals surface area contributed by atoms with Gasteiger partial charge in [-0.15, -0.1) is 11.8 Å². The van der Waals surface area contributed by atoms with E-state index in [1.165, 1.54) is 28.9 Å². The minimum absolute atomic E-state index is 0.770. The lowest BCUT2D eigenvalue weighted by Gasteiger charge is -2.05. The number of hydrogen-bond donors (Lipinski definition) is 1. The number of hydrogen-bond acceptors (Lipinski definition) is 3. The maximum absolute atomic E-state index is 4.31. The molecule has 20 heavy (non-hydrogen) atoms. The molecule has 0 aliphatic heterocycles. The molecule has 3 rings (SSSR count). The summed E-state index contributed by atoms with van der Waals surface area (Å²) in [6, 6.07) is 9.61. The highest BCUT2D eigenvalue weighted by atomic mass is 32.2. The molecule has 0 bridgehead atoms. The molecule has 0 spiro atoms. The molecule has 1 N–H and O–H groups in total. The van der Waals surface area contributed by atoms with Crippen LogP contribution in [0.4, 0.5) is 0 Å². The second-order valence-corrected chi connectivity index (χ2v) is 6.34. The van der Waals surface area contributed by atoms with Crippen LogP contribution in [0, 0.1) is 0 Å². The van der Waals surface area contributed by atoms with Gasteiger partial charge in [-0.3, -0.25) is 4.68 Å². The normalized spacial score (nSPS) is 14.7. The van der Waals surface area contributed by atoms with E-state index in [1.807, 2.05) is 22.6 Å². The van der Waals surface area contributed by atoms with Crippen LogP contribution in [0.15, 0.2) is 41.6 Å². The largest absolute Gasteiger partial charge is 0.310 e. The van der Waals surface area contributed by atoms with E-state index in [-0.39, 0.29) is 0 Å². The molecule has 1 fully saturated rings. The lowest BCUT2D eigenvalue weighted by Crippen LogP contribution is -2.15. The van der Waals surface area contributed by atoms with Crippen molar-refractivity contribution in [3.05, 3.63) is 47.8 Å². The molecule has 1 aromatic carbocycles. The van der Waals surface area contributed by atoms with Gasteiger partial charge in [-0.1, -0.05) is 12.1 Å². The maximum atomic E-state index is 4.31. The summed E-state index contributed by atoms with van der Waals surface area (Å²) in [7, 11) is 0. The van der Waals surface area contributed by atoms with Crippen LogP contribution in [0.3, 0.4) is 0 Å². The molecule has 1 aliphatic rings. The molecule has 1 aliphatic carbocycles. The zero-order valence-electron chi connectivity index (χ0n) is 11.9. The Balaban J connectivity index is 1.54. The van der Waals surface area contributed by atoms with Gasteiger partial charge in [0.15, 0.2) is 0 Å². The molecular formula is C16H21N3S. The number of nitrogens with one attached hydrogen (secondary N) is 1. The average Bonchev–Trinajstić information content (AvgIpc) is 3.20. The number of nitrogens with zero attached hydrogens (tertiary/aromatic N) is 2. The fourth-order valence-corrected chi connectivity index (χ4v) is 3.01. The van der Waals surface area contributed by atoms with Gasteiger partial charge >= 0.3 is 0 Å². The minimum atomic E-state index is 0.770. The predicted molar refractivity (Wildman–Crippen MR) is 83.8 cm³/mol. The van der Waals surface area contributed by atoms with Gasteiger partial charge in [-0.05, 0) is 37.5 Å². The van der Waals surface area contributed by atoms with Gasteiger partial charge < -0.3 is 5.32 Å². The van der Waals surface area contributed by atoms with Crippen molar-refractivity contribution < 1.29 is 0 Å². The fourth-order valence-electron chi connectivity index (χ4n) is 2.12. The molecular weight excluding hydrogens is 266 g/mol. The van der Waals surface area contributed by atoms with Crippen molar-refractivity contribution >= 4 is 11.8 Å². The highest BCUT2D eigenvalue weighted by Crippen LogP contribution is 2.24. The number of rotatable bonds is 7. The van der Waals surface area contributed by atoms with Crippen molar-refractivity contribution in [2.45, 2.75) is 49.5 Å². The third-order valence-corrected chi connectivity index (χ3v) is 4.55. The van der Waals surface area contributed by atoms with E-state index in [0.717, 1.165) is 24.9 Å². The summed E-state index contributed by atoms with van der Waals surface area (Å²) >= 11 is 1.88. The van der Waals surface area contributed by atoms with E-state index in [4.69, 9.17) is 0 Å². The van der Waals surface area contributed by atoms with Crippen molar-refractivity contribution in [1.82, 2.24) is 15.1 Å². The Hall–Kier alpha value is -1.26. The summed E-state index contributed by atoms with van der Waals surface area (Å²) in [5, 5.41) is 7.88. The topological polar surface area (TPSA) is 29.9 Å². The van der Waals surface area contributed by atoms with Crippen molar-refractivity contribution in [1.29, 1.82) is 0 Å². The van der Waals surface area contributed by atoms with Crippen molar-refractivity contribution in [3.8, 4) is 0 Å². The quantitative estimate of drug-likeness (QED) is 0.791. The molecule has 0 amide bonds. The Bertz CT molecular complexity index is 560. The van der Waals surface area contributed by atoms with Crippen molar-refractivity contribution in [2.75, 3.05) is 0 Å². The maximum Gasteiger partial charge on any atom is 0.0530 e. The molecule has 1 aromatic heterocycles. The lowest BCUT2D eigenvalue weighted by atomic mass is 10.2. The molecule has 0 unspecified atom stereocenters. The van der Waals surface area contributed by atoms with E-state index < -0.39 is 0 Å².